The molecule has 0 heterocycles. The molecule has 0 aliphatic rings. The number of carboxylic acids is 2. The van der Waals surface area contributed by atoms with Gasteiger partial charge in [0.15, 0.2) is 0 Å². The summed E-state index contributed by atoms with van der Waals surface area (Å²) in [6.07, 6.45) is 0. The van der Waals surface area contributed by atoms with Crippen molar-refractivity contribution in [2.24, 2.45) is 0 Å². The van der Waals surface area contributed by atoms with Crippen LogP contribution < -0.4 is 29.6 Å². The first-order chi connectivity index (χ1) is 7.64. The Hall–Kier alpha value is -0.930. The Morgan fingerprint density at radius 3 is 2.00 bits per heavy atom. The van der Waals surface area contributed by atoms with E-state index in [1.54, 1.807) is 0 Å². The molecular weight excluding hydrogens is 275 g/mol. The van der Waals surface area contributed by atoms with Gasteiger partial charge in [-0.15, -0.1) is 0 Å². The van der Waals surface area contributed by atoms with E-state index >= 15 is 0 Å². The monoisotopic (exact) mass is 282 g/mol. The van der Waals surface area contributed by atoms with Crippen LogP contribution in [-0.2, 0) is 10.1 Å². The molecule has 0 bridgehead atoms. The molecule has 9 heteroatoms. The molecule has 0 atom stereocenters. The van der Waals surface area contributed by atoms with Gasteiger partial charge in [-0.1, -0.05) is 0 Å². The molecule has 0 saturated carbocycles. The van der Waals surface area contributed by atoms with Crippen molar-refractivity contribution in [2.75, 3.05) is 0 Å². The molecular formula is C9H7NaO7S. The molecule has 92 valence electrons. The van der Waals surface area contributed by atoms with Gasteiger partial charge in [0.1, 0.15) is 10.1 Å². The maximum atomic E-state index is 10.9. The van der Waals surface area contributed by atoms with Gasteiger partial charge in [-0.2, -0.15) is 0 Å². The molecule has 7 nitrogen and oxygen atoms in total. The number of carbonyl (C=O) groups is 2. The van der Waals surface area contributed by atoms with Crippen LogP contribution >= 0.6 is 0 Å². The second-order valence-electron chi connectivity index (χ2n) is 3.21. The van der Waals surface area contributed by atoms with Crippen molar-refractivity contribution in [1.82, 2.24) is 0 Å². The molecule has 0 radical (unpaired) electrons. The van der Waals surface area contributed by atoms with E-state index in [1.165, 1.54) is 0 Å². The predicted octanol–water partition coefficient (Wildman–Crippen LogP) is -2.70. The summed E-state index contributed by atoms with van der Waals surface area (Å²) in [4.78, 5) is 20.6. The van der Waals surface area contributed by atoms with E-state index in [0.29, 0.717) is 6.07 Å². The largest absolute Gasteiger partial charge is 1.00 e. The molecule has 2 N–H and O–H groups in total. The fraction of sp³-hybridized carbons (Fsp3) is 0.111. The van der Waals surface area contributed by atoms with Crippen molar-refractivity contribution in [2.45, 2.75) is 11.8 Å². The molecule has 0 aliphatic heterocycles. The molecule has 0 unspecified atom stereocenters. The van der Waals surface area contributed by atoms with E-state index in [9.17, 15) is 22.6 Å². The van der Waals surface area contributed by atoms with Gasteiger partial charge in [-0.3, -0.25) is 0 Å². The van der Waals surface area contributed by atoms with Gasteiger partial charge in [-0.05, 0) is 24.6 Å². The first-order valence-corrected chi connectivity index (χ1v) is 5.62. The summed E-state index contributed by atoms with van der Waals surface area (Å²) in [5, 5.41) is 17.5. The minimum Gasteiger partial charge on any atom is -0.744 e. The van der Waals surface area contributed by atoms with E-state index in [0.717, 1.165) is 13.0 Å². The number of hydrogen-bond acceptors (Lipinski definition) is 5. The fourth-order valence-corrected chi connectivity index (χ4v) is 2.05. The Balaban J connectivity index is 0.00000289. The molecule has 1 aromatic carbocycles. The quantitative estimate of drug-likeness (QED) is 0.455. The summed E-state index contributed by atoms with van der Waals surface area (Å²) in [6, 6.07) is 1.45. The van der Waals surface area contributed by atoms with Crippen LogP contribution in [0.2, 0.25) is 0 Å². The van der Waals surface area contributed by atoms with E-state index < -0.39 is 38.1 Å². The van der Waals surface area contributed by atoms with Crippen molar-refractivity contribution in [3.05, 3.63) is 28.8 Å². The van der Waals surface area contributed by atoms with Gasteiger partial charge in [0.25, 0.3) is 0 Å². The third-order valence-corrected chi connectivity index (χ3v) is 3.07. The molecule has 0 aliphatic carbocycles. The fourth-order valence-electron chi connectivity index (χ4n) is 1.29. The van der Waals surface area contributed by atoms with E-state index in [-0.39, 0.29) is 35.1 Å². The maximum absolute atomic E-state index is 10.9. The van der Waals surface area contributed by atoms with Crippen molar-refractivity contribution < 1.29 is 62.3 Å². The van der Waals surface area contributed by atoms with Crippen LogP contribution in [0.4, 0.5) is 0 Å². The average Bonchev–Trinajstić information content (AvgIpc) is 2.15. The Bertz CT molecular complexity index is 606. The van der Waals surface area contributed by atoms with Crippen LogP contribution in [0.5, 0.6) is 0 Å². The van der Waals surface area contributed by atoms with Crippen LogP contribution in [-0.4, -0.2) is 35.1 Å². The first kappa shape index (κ1) is 17.1. The predicted molar refractivity (Wildman–Crippen MR) is 53.1 cm³/mol. The molecule has 0 amide bonds. The third-order valence-electron chi connectivity index (χ3n) is 2.11. The Morgan fingerprint density at radius 2 is 1.67 bits per heavy atom. The summed E-state index contributed by atoms with van der Waals surface area (Å²) in [7, 11) is -4.92. The minimum atomic E-state index is -4.92. The Kier molecular flexibility index (Phi) is 5.51. The normalized spacial score (nSPS) is 10.6. The van der Waals surface area contributed by atoms with Gasteiger partial charge >= 0.3 is 41.5 Å². The second-order valence-corrected chi connectivity index (χ2v) is 4.56. The second kappa shape index (κ2) is 5.81. The molecule has 0 fully saturated rings. The van der Waals surface area contributed by atoms with Crippen molar-refractivity contribution in [1.29, 1.82) is 0 Å². The summed E-state index contributed by atoms with van der Waals surface area (Å²) < 4.78 is 32.6. The van der Waals surface area contributed by atoms with Crippen molar-refractivity contribution in [3.8, 4) is 0 Å². The summed E-state index contributed by atoms with van der Waals surface area (Å²) in [6.45, 7) is 1.12. The number of rotatable bonds is 3. The van der Waals surface area contributed by atoms with Crippen LogP contribution in [0, 0.1) is 6.92 Å². The van der Waals surface area contributed by atoms with Gasteiger partial charge in [0.2, 0.25) is 0 Å². The van der Waals surface area contributed by atoms with Crippen LogP contribution in [0.3, 0.4) is 0 Å². The van der Waals surface area contributed by atoms with Crippen molar-refractivity contribution >= 4 is 22.1 Å². The molecule has 0 saturated heterocycles. The topological polar surface area (TPSA) is 132 Å². The number of benzene rings is 1. The van der Waals surface area contributed by atoms with Crippen LogP contribution in [0.1, 0.15) is 26.3 Å². The van der Waals surface area contributed by atoms with Crippen molar-refractivity contribution in [3.63, 3.8) is 0 Å². The third kappa shape index (κ3) is 3.53. The van der Waals surface area contributed by atoms with E-state index in [1.807, 2.05) is 0 Å². The summed E-state index contributed by atoms with van der Waals surface area (Å²) in [5.74, 6) is -3.02. The standard InChI is InChI=1S/C9H8O7S.Na/c1-4-6(9(12)13)2-5(8(10)11)3-7(4)17(14,15)16;/h2-3H,1H3,(H,10,11)(H,12,13)(H,14,15,16);/q;+1/p-1. The number of hydrogen-bond donors (Lipinski definition) is 2. The van der Waals surface area contributed by atoms with Crippen LogP contribution in [0.25, 0.3) is 0 Å². The zero-order valence-corrected chi connectivity index (χ0v) is 12.3. The zero-order chi connectivity index (χ0) is 13.4. The van der Waals surface area contributed by atoms with Gasteiger partial charge in [-0.25, -0.2) is 18.0 Å². The Labute approximate surface area is 124 Å². The first-order valence-electron chi connectivity index (χ1n) is 4.21. The summed E-state index contributed by atoms with van der Waals surface area (Å²) >= 11 is 0. The zero-order valence-electron chi connectivity index (χ0n) is 9.50. The minimum absolute atomic E-state index is 0. The molecule has 0 spiro atoms. The van der Waals surface area contributed by atoms with E-state index in [2.05, 4.69) is 0 Å². The molecule has 1 aromatic rings. The average molecular weight is 282 g/mol. The van der Waals surface area contributed by atoms with E-state index in [4.69, 9.17) is 10.2 Å². The smallest absolute Gasteiger partial charge is 0.744 e. The van der Waals surface area contributed by atoms with Gasteiger partial charge in [0.05, 0.1) is 16.0 Å². The SMILES string of the molecule is Cc1c(C(=O)O)cc(C(=O)O)cc1S(=O)(=O)[O-].[Na+]. The maximum Gasteiger partial charge on any atom is 1.00 e. The Morgan fingerprint density at radius 1 is 1.17 bits per heavy atom. The number of aromatic carboxylic acids is 2. The molecule has 0 aromatic heterocycles. The van der Waals surface area contributed by atoms with Gasteiger partial charge < -0.3 is 14.8 Å². The summed E-state index contributed by atoms with van der Waals surface area (Å²) in [5.41, 5.74) is -1.38. The molecule has 18 heavy (non-hydrogen) atoms. The van der Waals surface area contributed by atoms with Gasteiger partial charge in [0, 0.05) is 0 Å². The van der Waals surface area contributed by atoms with Crippen LogP contribution in [0.15, 0.2) is 17.0 Å². The molecule has 1 rings (SSSR count). The number of carboxylic acid groups (broad SMARTS) is 2.